The van der Waals surface area contributed by atoms with Crippen LogP contribution in [0.3, 0.4) is 0 Å². The summed E-state index contributed by atoms with van der Waals surface area (Å²) in [6, 6.07) is 6.11. The second-order valence-corrected chi connectivity index (χ2v) is 8.68. The number of amides is 1. The molecule has 4 N–H and O–H groups in total. The van der Waals surface area contributed by atoms with Crippen molar-refractivity contribution in [3.63, 3.8) is 0 Å². The van der Waals surface area contributed by atoms with Gasteiger partial charge in [0, 0.05) is 14.1 Å². The van der Waals surface area contributed by atoms with Gasteiger partial charge in [0.15, 0.2) is 17.0 Å². The van der Waals surface area contributed by atoms with E-state index in [1.54, 1.807) is 13.4 Å². The van der Waals surface area contributed by atoms with Crippen LogP contribution in [0.15, 0.2) is 36.9 Å². The Labute approximate surface area is 192 Å². The van der Waals surface area contributed by atoms with E-state index < -0.39 is 18.2 Å². The van der Waals surface area contributed by atoms with Crippen LogP contribution in [-0.2, 0) is 11.2 Å². The molecule has 2 heterocycles. The molecule has 4 atom stereocenters. The number of methoxy groups -OCH3 is 1. The fraction of sp³-hybridized carbons (Fsp3) is 0.478. The van der Waals surface area contributed by atoms with Gasteiger partial charge in [-0.1, -0.05) is 12.1 Å². The van der Waals surface area contributed by atoms with Crippen LogP contribution in [0, 0.1) is 0 Å². The van der Waals surface area contributed by atoms with Crippen molar-refractivity contribution in [2.75, 3.05) is 26.1 Å². The molecule has 10 nitrogen and oxygen atoms in total. The normalized spacial score (nSPS) is 21.5. The quantitative estimate of drug-likeness (QED) is 0.484. The lowest BCUT2D eigenvalue weighted by molar-refractivity contribution is -0.124. The van der Waals surface area contributed by atoms with Crippen LogP contribution in [-0.4, -0.2) is 69.9 Å². The number of aromatic nitrogens is 4. The van der Waals surface area contributed by atoms with E-state index in [1.165, 1.54) is 6.33 Å². The van der Waals surface area contributed by atoms with Gasteiger partial charge in [0.05, 0.1) is 37.7 Å². The van der Waals surface area contributed by atoms with Crippen LogP contribution in [0.4, 0.5) is 5.82 Å². The van der Waals surface area contributed by atoms with E-state index in [9.17, 15) is 9.90 Å². The third kappa shape index (κ3) is 4.76. The highest BCUT2D eigenvalue weighted by Crippen LogP contribution is 2.32. The maximum atomic E-state index is 12.8. The summed E-state index contributed by atoms with van der Waals surface area (Å²) < 4.78 is 7.06. The van der Waals surface area contributed by atoms with Crippen LogP contribution in [0.2, 0.25) is 0 Å². The first-order valence-electron chi connectivity index (χ1n) is 11.1. The summed E-state index contributed by atoms with van der Waals surface area (Å²) in [5, 5.41) is 14.1. The molecule has 0 unspecified atom stereocenters. The van der Waals surface area contributed by atoms with Gasteiger partial charge in [0.2, 0.25) is 5.91 Å². The Bertz CT molecular complexity index is 1100. The summed E-state index contributed by atoms with van der Waals surface area (Å²) in [4.78, 5) is 27.9. The molecule has 0 saturated heterocycles. The molecular weight excluding hydrogens is 422 g/mol. The van der Waals surface area contributed by atoms with Crippen molar-refractivity contribution in [1.82, 2.24) is 24.8 Å². The van der Waals surface area contributed by atoms with Gasteiger partial charge in [-0.25, -0.2) is 15.0 Å². The zero-order valence-corrected chi connectivity index (χ0v) is 19.2. The average molecular weight is 454 g/mol. The fourth-order valence-electron chi connectivity index (χ4n) is 4.43. The molecule has 33 heavy (non-hydrogen) atoms. The highest BCUT2D eigenvalue weighted by atomic mass is 16.5. The maximum absolute atomic E-state index is 12.8. The maximum Gasteiger partial charge on any atom is 0.237 e. The Hall–Kier alpha value is -3.24. The van der Waals surface area contributed by atoms with E-state index in [2.05, 4.69) is 20.3 Å². The van der Waals surface area contributed by atoms with Crippen molar-refractivity contribution >= 4 is 22.9 Å². The van der Waals surface area contributed by atoms with Crippen LogP contribution in [0.25, 0.3) is 11.2 Å². The van der Waals surface area contributed by atoms with Crippen molar-refractivity contribution in [2.24, 2.45) is 5.73 Å². The average Bonchev–Trinajstić information content (AvgIpc) is 3.24. The highest BCUT2D eigenvalue weighted by molar-refractivity contribution is 5.83. The standard InChI is InChI=1S/C23H31N7O3/c1-29(2)21-19-22(26-12-25-21)30(13-27-19)18-6-4-5-17(20(18)31)28-23(32)16(24)11-14-7-9-15(33-3)10-8-14/h7-10,12-13,16-18,20,31H,4-6,11,24H2,1-3H3,(H,28,32)/t16-,17+,18+,20+/m0/s1. The summed E-state index contributed by atoms with van der Waals surface area (Å²) in [5.41, 5.74) is 8.47. The summed E-state index contributed by atoms with van der Waals surface area (Å²) in [5.74, 6) is 1.20. The number of nitrogens with two attached hydrogens (primary N) is 1. The number of aliphatic hydroxyl groups is 1. The number of anilines is 1. The number of nitrogens with one attached hydrogen (secondary N) is 1. The van der Waals surface area contributed by atoms with Gasteiger partial charge in [0.25, 0.3) is 0 Å². The van der Waals surface area contributed by atoms with Gasteiger partial charge in [-0.05, 0) is 43.4 Å². The van der Waals surface area contributed by atoms with Crippen LogP contribution < -0.4 is 20.7 Å². The van der Waals surface area contributed by atoms with Crippen LogP contribution in [0.1, 0.15) is 30.9 Å². The number of benzene rings is 1. The molecule has 2 aromatic heterocycles. The van der Waals surface area contributed by atoms with E-state index >= 15 is 0 Å². The molecule has 10 heteroatoms. The predicted molar refractivity (Wildman–Crippen MR) is 125 cm³/mol. The van der Waals surface area contributed by atoms with Crippen molar-refractivity contribution in [3.8, 4) is 5.75 Å². The van der Waals surface area contributed by atoms with E-state index in [1.807, 2.05) is 47.8 Å². The predicted octanol–water partition coefficient (Wildman–Crippen LogP) is 1.04. The lowest BCUT2D eigenvalue weighted by Crippen LogP contribution is -2.53. The molecule has 1 amide bonds. The van der Waals surface area contributed by atoms with Gasteiger partial charge in [-0.15, -0.1) is 0 Å². The summed E-state index contributed by atoms with van der Waals surface area (Å²) >= 11 is 0. The third-order valence-electron chi connectivity index (χ3n) is 6.22. The number of ether oxygens (including phenoxy) is 1. The van der Waals surface area contributed by atoms with Crippen molar-refractivity contribution < 1.29 is 14.6 Å². The minimum absolute atomic E-state index is 0.253. The second kappa shape index (κ2) is 9.72. The first-order valence-corrected chi connectivity index (χ1v) is 11.1. The first kappa shape index (κ1) is 22.9. The molecular formula is C23H31N7O3. The first-order chi connectivity index (χ1) is 15.9. The molecule has 0 aliphatic heterocycles. The second-order valence-electron chi connectivity index (χ2n) is 8.68. The zero-order valence-electron chi connectivity index (χ0n) is 19.2. The van der Waals surface area contributed by atoms with Gasteiger partial charge < -0.3 is 30.4 Å². The summed E-state index contributed by atoms with van der Waals surface area (Å²) in [7, 11) is 5.41. The molecule has 1 fully saturated rings. The Balaban J connectivity index is 1.45. The highest BCUT2D eigenvalue weighted by Gasteiger charge is 2.35. The number of fused-ring (bicyclic) bond motifs is 1. The Morgan fingerprint density at radius 1 is 1.27 bits per heavy atom. The number of hydrogen-bond donors (Lipinski definition) is 3. The molecule has 0 radical (unpaired) electrons. The Morgan fingerprint density at radius 3 is 2.73 bits per heavy atom. The zero-order chi connectivity index (χ0) is 23.5. The van der Waals surface area contributed by atoms with E-state index in [0.717, 1.165) is 30.0 Å². The van der Waals surface area contributed by atoms with Crippen LogP contribution >= 0.6 is 0 Å². The molecule has 1 aliphatic carbocycles. The summed E-state index contributed by atoms with van der Waals surface area (Å²) in [6.45, 7) is 0. The van der Waals surface area contributed by atoms with Crippen LogP contribution in [0.5, 0.6) is 5.75 Å². The lowest BCUT2D eigenvalue weighted by Gasteiger charge is -2.36. The Kier molecular flexibility index (Phi) is 6.75. The molecule has 0 bridgehead atoms. The Morgan fingerprint density at radius 2 is 2.03 bits per heavy atom. The lowest BCUT2D eigenvalue weighted by atomic mass is 9.87. The van der Waals surface area contributed by atoms with Crippen molar-refractivity contribution in [2.45, 2.75) is 49.9 Å². The van der Waals surface area contributed by atoms with E-state index in [0.29, 0.717) is 24.0 Å². The SMILES string of the molecule is COc1ccc(C[C@H](N)C(=O)N[C@@H]2CCC[C@@H](n3cnc4c(N(C)C)ncnc43)[C@@H]2O)cc1. The van der Waals surface area contributed by atoms with Gasteiger partial charge in [-0.3, -0.25) is 4.79 Å². The molecule has 1 aromatic carbocycles. The molecule has 1 aliphatic rings. The number of nitrogens with zero attached hydrogens (tertiary/aromatic N) is 5. The molecule has 4 rings (SSSR count). The third-order valence-corrected chi connectivity index (χ3v) is 6.22. The molecule has 3 aromatic rings. The van der Waals surface area contributed by atoms with E-state index in [-0.39, 0.29) is 11.9 Å². The van der Waals surface area contributed by atoms with Gasteiger partial charge in [-0.2, -0.15) is 0 Å². The number of imidazole rings is 1. The molecule has 176 valence electrons. The van der Waals surface area contributed by atoms with E-state index in [4.69, 9.17) is 10.5 Å². The largest absolute Gasteiger partial charge is 0.497 e. The van der Waals surface area contributed by atoms with Crippen molar-refractivity contribution in [3.05, 3.63) is 42.5 Å². The smallest absolute Gasteiger partial charge is 0.237 e. The number of rotatable bonds is 7. The number of hydrogen-bond acceptors (Lipinski definition) is 8. The molecule has 0 spiro atoms. The fourth-order valence-corrected chi connectivity index (χ4v) is 4.43. The topological polar surface area (TPSA) is 131 Å². The number of carbonyl (C=O) groups excluding carboxylic acids is 1. The van der Waals surface area contributed by atoms with Gasteiger partial charge >= 0.3 is 0 Å². The number of carbonyl (C=O) groups is 1. The van der Waals surface area contributed by atoms with Crippen molar-refractivity contribution in [1.29, 1.82) is 0 Å². The minimum Gasteiger partial charge on any atom is -0.497 e. The minimum atomic E-state index is -0.786. The number of aliphatic hydroxyl groups excluding tert-OH is 1. The summed E-state index contributed by atoms with van der Waals surface area (Å²) in [6.07, 6.45) is 5.11. The molecule has 1 saturated carbocycles. The monoisotopic (exact) mass is 453 g/mol. The van der Waals surface area contributed by atoms with Gasteiger partial charge in [0.1, 0.15) is 12.1 Å².